The third-order valence-corrected chi connectivity index (χ3v) is 5.54. The number of hydrogen-bond acceptors (Lipinski definition) is 3. The van der Waals surface area contributed by atoms with Crippen LogP contribution in [0.3, 0.4) is 0 Å². The number of thiazole rings is 1. The molecule has 1 saturated carbocycles. The van der Waals surface area contributed by atoms with E-state index in [9.17, 15) is 4.39 Å². The smallest absolute Gasteiger partial charge is 0.125 e. The van der Waals surface area contributed by atoms with Gasteiger partial charge >= 0.3 is 0 Å². The third kappa shape index (κ3) is 2.39. The molecule has 19 heavy (non-hydrogen) atoms. The number of aromatic nitrogens is 1. The Hall–Kier alpha value is -1.00. The van der Waals surface area contributed by atoms with E-state index < -0.39 is 0 Å². The normalized spacial score (nSPS) is 19.5. The molecule has 1 aromatic carbocycles. The zero-order valence-electron chi connectivity index (χ0n) is 11.0. The Bertz CT molecular complexity index is 571. The molecule has 0 aliphatic heterocycles. The zero-order chi connectivity index (χ0) is 13.3. The van der Waals surface area contributed by atoms with Gasteiger partial charge in [0.2, 0.25) is 0 Å². The van der Waals surface area contributed by atoms with Gasteiger partial charge in [0.1, 0.15) is 10.8 Å². The Labute approximate surface area is 116 Å². The maximum atomic E-state index is 13.3. The molecule has 1 aliphatic rings. The molecular weight excluding hydrogens is 259 g/mol. The van der Waals surface area contributed by atoms with Gasteiger partial charge in [-0.3, -0.25) is 0 Å². The highest BCUT2D eigenvalue weighted by Gasteiger charge is 2.34. The molecule has 0 spiro atoms. The van der Waals surface area contributed by atoms with E-state index in [4.69, 9.17) is 5.73 Å². The van der Waals surface area contributed by atoms with Crippen LogP contribution < -0.4 is 5.73 Å². The van der Waals surface area contributed by atoms with Crippen LogP contribution in [0.25, 0.3) is 10.2 Å². The lowest BCUT2D eigenvalue weighted by atomic mass is 9.81. The molecule has 2 N–H and O–H groups in total. The minimum Gasteiger partial charge on any atom is -0.329 e. The van der Waals surface area contributed by atoms with Crippen LogP contribution in [0, 0.1) is 5.82 Å². The predicted octanol–water partition coefficient (Wildman–Crippen LogP) is 3.99. The first-order valence-corrected chi connectivity index (χ1v) is 7.82. The van der Waals surface area contributed by atoms with Gasteiger partial charge in [0.15, 0.2) is 0 Å². The van der Waals surface area contributed by atoms with Crippen molar-refractivity contribution in [1.29, 1.82) is 0 Å². The lowest BCUT2D eigenvalue weighted by Crippen LogP contribution is -2.34. The van der Waals surface area contributed by atoms with Gasteiger partial charge in [0.25, 0.3) is 0 Å². The molecule has 102 valence electrons. The summed E-state index contributed by atoms with van der Waals surface area (Å²) in [6, 6.07) is 4.86. The maximum Gasteiger partial charge on any atom is 0.125 e. The van der Waals surface area contributed by atoms with Crippen molar-refractivity contribution < 1.29 is 4.39 Å². The molecule has 4 heteroatoms. The lowest BCUT2D eigenvalue weighted by molar-refractivity contribution is 0.380. The molecular formula is C15H19FN2S. The van der Waals surface area contributed by atoms with Crippen molar-refractivity contribution in [1.82, 2.24) is 4.98 Å². The monoisotopic (exact) mass is 278 g/mol. The van der Waals surface area contributed by atoms with Crippen LogP contribution in [0.2, 0.25) is 0 Å². The molecule has 1 aliphatic carbocycles. The molecule has 0 unspecified atom stereocenters. The summed E-state index contributed by atoms with van der Waals surface area (Å²) in [4.78, 5) is 4.68. The molecule has 2 aromatic rings. The number of halogens is 1. The van der Waals surface area contributed by atoms with Gasteiger partial charge in [-0.05, 0) is 25.0 Å². The van der Waals surface area contributed by atoms with Crippen molar-refractivity contribution in [2.75, 3.05) is 6.54 Å². The molecule has 2 nitrogen and oxygen atoms in total. The second-order valence-corrected chi connectivity index (χ2v) is 6.56. The molecule has 1 fully saturated rings. The van der Waals surface area contributed by atoms with Gasteiger partial charge < -0.3 is 5.73 Å². The zero-order valence-corrected chi connectivity index (χ0v) is 11.8. The number of rotatable bonds is 2. The van der Waals surface area contributed by atoms with Gasteiger partial charge in [-0.15, -0.1) is 11.3 Å². The number of nitrogens with zero attached hydrogens (tertiary/aromatic N) is 1. The molecule has 0 saturated heterocycles. The van der Waals surface area contributed by atoms with Gasteiger partial charge in [-0.25, -0.2) is 9.37 Å². The lowest BCUT2D eigenvalue weighted by Gasteiger charge is -2.28. The van der Waals surface area contributed by atoms with E-state index in [2.05, 4.69) is 4.98 Å². The molecule has 0 amide bonds. The summed E-state index contributed by atoms with van der Waals surface area (Å²) in [7, 11) is 0. The Morgan fingerprint density at radius 2 is 1.95 bits per heavy atom. The van der Waals surface area contributed by atoms with Crippen molar-refractivity contribution in [2.24, 2.45) is 5.73 Å². The molecule has 0 radical (unpaired) electrons. The van der Waals surface area contributed by atoms with Crippen molar-refractivity contribution >= 4 is 21.6 Å². The van der Waals surface area contributed by atoms with Crippen molar-refractivity contribution in [2.45, 2.75) is 43.9 Å². The standard InChI is InChI=1S/C15H19FN2S/c16-11-5-6-13-12(9-11)18-14(19-13)15(10-17)7-3-1-2-4-8-15/h5-6,9H,1-4,7-8,10,17H2. The minimum absolute atomic E-state index is 0.0245. The van der Waals surface area contributed by atoms with Gasteiger partial charge in [0.05, 0.1) is 10.2 Å². The van der Waals surface area contributed by atoms with Gasteiger partial charge in [0, 0.05) is 18.0 Å². The summed E-state index contributed by atoms with van der Waals surface area (Å²) in [6.45, 7) is 0.648. The molecule has 0 atom stereocenters. The molecule has 3 rings (SSSR count). The number of fused-ring (bicyclic) bond motifs is 1. The Kier molecular flexibility index (Phi) is 3.54. The molecule has 1 aromatic heterocycles. The fraction of sp³-hybridized carbons (Fsp3) is 0.533. The number of nitrogens with two attached hydrogens (primary N) is 1. The maximum absolute atomic E-state index is 13.3. The second kappa shape index (κ2) is 5.17. The summed E-state index contributed by atoms with van der Waals surface area (Å²) in [5.41, 5.74) is 6.88. The van der Waals surface area contributed by atoms with E-state index >= 15 is 0 Å². The average Bonchev–Trinajstić information content (AvgIpc) is 2.69. The van der Waals surface area contributed by atoms with Crippen LogP contribution in [0.4, 0.5) is 4.39 Å². The fourth-order valence-corrected chi connectivity index (χ4v) is 4.24. The summed E-state index contributed by atoms with van der Waals surface area (Å²) in [5, 5.41) is 1.11. The van der Waals surface area contributed by atoms with Crippen LogP contribution >= 0.6 is 11.3 Å². The van der Waals surface area contributed by atoms with E-state index in [-0.39, 0.29) is 11.2 Å². The van der Waals surface area contributed by atoms with E-state index in [1.807, 2.05) is 6.07 Å². The summed E-state index contributed by atoms with van der Waals surface area (Å²) < 4.78 is 14.3. The molecule has 0 bridgehead atoms. The quantitative estimate of drug-likeness (QED) is 0.844. The van der Waals surface area contributed by atoms with Crippen LogP contribution in [-0.2, 0) is 5.41 Å². The Morgan fingerprint density at radius 3 is 2.63 bits per heavy atom. The highest BCUT2D eigenvalue weighted by atomic mass is 32.1. The SMILES string of the molecule is NCC1(c2nc3cc(F)ccc3s2)CCCCCC1. The topological polar surface area (TPSA) is 38.9 Å². The van der Waals surface area contributed by atoms with Crippen LogP contribution in [0.15, 0.2) is 18.2 Å². The third-order valence-electron chi connectivity index (χ3n) is 4.25. The largest absolute Gasteiger partial charge is 0.329 e. The van der Waals surface area contributed by atoms with E-state index in [0.29, 0.717) is 6.54 Å². The average molecular weight is 278 g/mol. The van der Waals surface area contributed by atoms with Gasteiger partial charge in [-0.1, -0.05) is 25.7 Å². The van der Waals surface area contributed by atoms with Gasteiger partial charge in [-0.2, -0.15) is 0 Å². The number of hydrogen-bond donors (Lipinski definition) is 1. The summed E-state index contributed by atoms with van der Waals surface area (Å²) in [5.74, 6) is -0.216. The van der Waals surface area contributed by atoms with Crippen LogP contribution in [0.5, 0.6) is 0 Å². The highest BCUT2D eigenvalue weighted by molar-refractivity contribution is 7.18. The van der Waals surface area contributed by atoms with Crippen LogP contribution in [-0.4, -0.2) is 11.5 Å². The summed E-state index contributed by atoms with van der Waals surface area (Å²) in [6.07, 6.45) is 7.27. The second-order valence-electron chi connectivity index (χ2n) is 5.53. The van der Waals surface area contributed by atoms with Crippen molar-refractivity contribution in [3.63, 3.8) is 0 Å². The predicted molar refractivity (Wildman–Crippen MR) is 78.0 cm³/mol. The first kappa shape index (κ1) is 13.0. The number of benzene rings is 1. The fourth-order valence-electron chi connectivity index (χ4n) is 3.04. The van der Waals surface area contributed by atoms with E-state index in [1.54, 1.807) is 11.3 Å². The first-order chi connectivity index (χ1) is 9.23. The Balaban J connectivity index is 2.04. The minimum atomic E-state index is -0.216. The van der Waals surface area contributed by atoms with Crippen molar-refractivity contribution in [3.8, 4) is 0 Å². The van der Waals surface area contributed by atoms with Crippen LogP contribution in [0.1, 0.15) is 43.5 Å². The molecule has 1 heterocycles. The first-order valence-electron chi connectivity index (χ1n) is 7.00. The van der Waals surface area contributed by atoms with E-state index in [0.717, 1.165) is 28.1 Å². The summed E-state index contributed by atoms with van der Waals surface area (Å²) >= 11 is 1.69. The highest BCUT2D eigenvalue weighted by Crippen LogP contribution is 2.40. The van der Waals surface area contributed by atoms with Crippen molar-refractivity contribution in [3.05, 3.63) is 29.0 Å². The van der Waals surface area contributed by atoms with E-state index in [1.165, 1.54) is 37.8 Å². The Morgan fingerprint density at radius 1 is 1.21 bits per heavy atom.